The standard InChI is InChI=1S/C12H10FN5.C4H9N/c1-14-11-7-15-6-10(17-11)8-5-16-18-4-2-3-9(13)12(8)18;1-2-4-5-3-1/h2-7H,1H3,(H,14,17);5H,1-4H2. The maximum atomic E-state index is 13.8. The maximum Gasteiger partial charge on any atom is 0.149 e. The smallest absolute Gasteiger partial charge is 0.149 e. The molecule has 0 aliphatic carbocycles. The Morgan fingerprint density at radius 1 is 1.22 bits per heavy atom. The van der Waals surface area contributed by atoms with Crippen LogP contribution in [-0.2, 0) is 0 Å². The highest BCUT2D eigenvalue weighted by Crippen LogP contribution is 2.24. The van der Waals surface area contributed by atoms with Gasteiger partial charge in [0.05, 0.1) is 29.8 Å². The second-order valence-corrected chi connectivity index (χ2v) is 5.20. The minimum Gasteiger partial charge on any atom is -0.372 e. The fourth-order valence-electron chi connectivity index (χ4n) is 2.43. The van der Waals surface area contributed by atoms with E-state index >= 15 is 0 Å². The average Bonchev–Trinajstić information content (AvgIpc) is 3.28. The first-order valence-corrected chi connectivity index (χ1v) is 7.62. The van der Waals surface area contributed by atoms with Gasteiger partial charge in [0.25, 0.3) is 0 Å². The van der Waals surface area contributed by atoms with Crippen LogP contribution >= 0.6 is 0 Å². The number of aromatic nitrogens is 4. The number of nitrogens with zero attached hydrogens (tertiary/aromatic N) is 4. The van der Waals surface area contributed by atoms with Crippen LogP contribution in [0.2, 0.25) is 0 Å². The quantitative estimate of drug-likeness (QED) is 0.760. The molecule has 0 bridgehead atoms. The Kier molecular flexibility index (Phi) is 4.77. The second-order valence-electron chi connectivity index (χ2n) is 5.20. The van der Waals surface area contributed by atoms with Crippen LogP contribution in [0, 0.1) is 5.82 Å². The first kappa shape index (κ1) is 15.4. The molecule has 0 saturated carbocycles. The number of hydrogen-bond acceptors (Lipinski definition) is 5. The summed E-state index contributed by atoms with van der Waals surface area (Å²) in [5.41, 5.74) is 1.61. The maximum absolute atomic E-state index is 13.8. The third-order valence-electron chi connectivity index (χ3n) is 3.62. The summed E-state index contributed by atoms with van der Waals surface area (Å²) in [6, 6.07) is 3.00. The number of halogens is 1. The average molecular weight is 314 g/mol. The first-order chi connectivity index (χ1) is 11.3. The molecule has 1 saturated heterocycles. The van der Waals surface area contributed by atoms with E-state index in [0.29, 0.717) is 22.6 Å². The van der Waals surface area contributed by atoms with Crippen LogP contribution in [0.25, 0.3) is 16.8 Å². The highest BCUT2D eigenvalue weighted by molar-refractivity contribution is 5.78. The molecule has 1 aliphatic heterocycles. The van der Waals surface area contributed by atoms with Crippen molar-refractivity contribution in [3.8, 4) is 11.3 Å². The van der Waals surface area contributed by atoms with Gasteiger partial charge in [-0.25, -0.2) is 13.9 Å². The molecule has 1 fully saturated rings. The van der Waals surface area contributed by atoms with E-state index in [-0.39, 0.29) is 5.82 Å². The zero-order valence-corrected chi connectivity index (χ0v) is 13.0. The van der Waals surface area contributed by atoms with Crippen molar-refractivity contribution in [3.05, 3.63) is 42.7 Å². The van der Waals surface area contributed by atoms with Crippen molar-refractivity contribution in [3.63, 3.8) is 0 Å². The Hall–Kier alpha value is -2.54. The van der Waals surface area contributed by atoms with Crippen LogP contribution in [0.4, 0.5) is 10.2 Å². The van der Waals surface area contributed by atoms with E-state index in [0.717, 1.165) is 0 Å². The van der Waals surface area contributed by atoms with Gasteiger partial charge in [0, 0.05) is 13.2 Å². The molecule has 4 heterocycles. The summed E-state index contributed by atoms with van der Waals surface area (Å²) in [6.45, 7) is 2.50. The second kappa shape index (κ2) is 7.15. The van der Waals surface area contributed by atoms with Crippen LogP contribution in [0.5, 0.6) is 0 Å². The molecule has 0 radical (unpaired) electrons. The van der Waals surface area contributed by atoms with Gasteiger partial charge in [-0.1, -0.05) is 0 Å². The topological polar surface area (TPSA) is 67.1 Å². The summed E-state index contributed by atoms with van der Waals surface area (Å²) in [4.78, 5) is 8.39. The summed E-state index contributed by atoms with van der Waals surface area (Å²) in [6.07, 6.45) is 9.25. The Morgan fingerprint density at radius 2 is 2.04 bits per heavy atom. The summed E-state index contributed by atoms with van der Waals surface area (Å²) in [5.74, 6) is 0.296. The fraction of sp³-hybridized carbons (Fsp3) is 0.312. The molecule has 0 amide bonds. The molecule has 3 aromatic rings. The van der Waals surface area contributed by atoms with Crippen LogP contribution in [-0.4, -0.2) is 39.7 Å². The Labute approximate surface area is 133 Å². The van der Waals surface area contributed by atoms with Crippen LogP contribution in [0.1, 0.15) is 12.8 Å². The van der Waals surface area contributed by atoms with E-state index in [1.165, 1.54) is 36.5 Å². The highest BCUT2D eigenvalue weighted by atomic mass is 19.1. The highest BCUT2D eigenvalue weighted by Gasteiger charge is 2.12. The lowest BCUT2D eigenvalue weighted by Crippen LogP contribution is -2.03. The van der Waals surface area contributed by atoms with Crippen molar-refractivity contribution in [1.29, 1.82) is 0 Å². The van der Waals surface area contributed by atoms with Crippen molar-refractivity contribution in [2.75, 3.05) is 25.5 Å². The van der Waals surface area contributed by atoms with Gasteiger partial charge in [-0.15, -0.1) is 0 Å². The molecule has 0 aromatic carbocycles. The lowest BCUT2D eigenvalue weighted by Gasteiger charge is -2.02. The zero-order chi connectivity index (χ0) is 16.1. The van der Waals surface area contributed by atoms with E-state index < -0.39 is 0 Å². The van der Waals surface area contributed by atoms with Crippen LogP contribution < -0.4 is 10.6 Å². The normalized spacial score (nSPS) is 13.7. The predicted molar refractivity (Wildman–Crippen MR) is 87.8 cm³/mol. The number of pyridine rings is 1. The molecule has 2 N–H and O–H groups in total. The zero-order valence-electron chi connectivity index (χ0n) is 13.0. The third kappa shape index (κ3) is 3.45. The molecule has 7 heteroatoms. The lowest BCUT2D eigenvalue weighted by molar-refractivity contribution is 0.630. The van der Waals surface area contributed by atoms with Crippen molar-refractivity contribution in [2.45, 2.75) is 12.8 Å². The molecular weight excluding hydrogens is 295 g/mol. The number of rotatable bonds is 2. The summed E-state index contributed by atoms with van der Waals surface area (Å²) in [5, 5.41) is 10.2. The Balaban J connectivity index is 0.000000267. The molecule has 3 aromatic heterocycles. The number of hydrogen-bond donors (Lipinski definition) is 2. The number of fused-ring (bicyclic) bond motifs is 1. The van der Waals surface area contributed by atoms with E-state index in [4.69, 9.17) is 0 Å². The molecule has 120 valence electrons. The monoisotopic (exact) mass is 314 g/mol. The molecule has 4 rings (SSSR count). The minimum absolute atomic E-state index is 0.332. The van der Waals surface area contributed by atoms with Gasteiger partial charge in [-0.2, -0.15) is 5.10 Å². The Morgan fingerprint density at radius 3 is 2.74 bits per heavy atom. The molecule has 1 aliphatic rings. The summed E-state index contributed by atoms with van der Waals surface area (Å²) >= 11 is 0. The van der Waals surface area contributed by atoms with Gasteiger partial charge >= 0.3 is 0 Å². The van der Waals surface area contributed by atoms with Crippen molar-refractivity contribution in [2.24, 2.45) is 0 Å². The van der Waals surface area contributed by atoms with E-state index in [2.05, 4.69) is 25.7 Å². The summed E-state index contributed by atoms with van der Waals surface area (Å²) < 4.78 is 15.3. The molecule has 0 spiro atoms. The van der Waals surface area contributed by atoms with Crippen molar-refractivity contribution in [1.82, 2.24) is 24.9 Å². The third-order valence-corrected chi connectivity index (χ3v) is 3.62. The summed E-state index contributed by atoms with van der Waals surface area (Å²) in [7, 11) is 1.75. The lowest BCUT2D eigenvalue weighted by atomic mass is 10.2. The molecule has 0 atom stereocenters. The van der Waals surface area contributed by atoms with Crippen molar-refractivity contribution >= 4 is 11.3 Å². The van der Waals surface area contributed by atoms with Gasteiger partial charge in [0.1, 0.15) is 17.2 Å². The molecule has 6 nitrogen and oxygen atoms in total. The van der Waals surface area contributed by atoms with Gasteiger partial charge in [0.15, 0.2) is 0 Å². The van der Waals surface area contributed by atoms with E-state index in [9.17, 15) is 4.39 Å². The minimum atomic E-state index is -0.332. The van der Waals surface area contributed by atoms with E-state index in [1.54, 1.807) is 37.9 Å². The predicted octanol–water partition coefficient (Wildman–Crippen LogP) is 2.34. The molecular formula is C16H19FN6. The largest absolute Gasteiger partial charge is 0.372 e. The van der Waals surface area contributed by atoms with Gasteiger partial charge in [-0.3, -0.25) is 4.98 Å². The van der Waals surface area contributed by atoms with Crippen molar-refractivity contribution < 1.29 is 4.39 Å². The fourth-order valence-corrected chi connectivity index (χ4v) is 2.43. The van der Waals surface area contributed by atoms with Gasteiger partial charge in [0.2, 0.25) is 0 Å². The van der Waals surface area contributed by atoms with Crippen LogP contribution in [0.3, 0.4) is 0 Å². The van der Waals surface area contributed by atoms with E-state index in [1.807, 2.05) is 0 Å². The Bertz CT molecular complexity index is 773. The number of nitrogens with one attached hydrogen (secondary N) is 2. The van der Waals surface area contributed by atoms with Gasteiger partial charge in [-0.05, 0) is 38.1 Å². The molecule has 23 heavy (non-hydrogen) atoms. The molecule has 0 unspecified atom stereocenters. The first-order valence-electron chi connectivity index (χ1n) is 7.62. The van der Waals surface area contributed by atoms with Gasteiger partial charge < -0.3 is 10.6 Å². The SMILES string of the molecule is C1CCNC1.CNc1cncc(-c2cnn3cccc(F)c23)n1. The number of anilines is 1. The van der Waals surface area contributed by atoms with Crippen LogP contribution in [0.15, 0.2) is 36.9 Å².